The highest BCUT2D eigenvalue weighted by atomic mass is 32.1. The van der Waals surface area contributed by atoms with Gasteiger partial charge in [0.25, 0.3) is 0 Å². The van der Waals surface area contributed by atoms with Crippen molar-refractivity contribution in [3.05, 3.63) is 53.7 Å². The summed E-state index contributed by atoms with van der Waals surface area (Å²) in [5, 5.41) is 3.28. The van der Waals surface area contributed by atoms with Crippen molar-refractivity contribution < 1.29 is 0 Å². The highest BCUT2D eigenvalue weighted by Crippen LogP contribution is 2.27. The SMILES string of the molecule is c1ccc(CN2CCN(c3ncnc4sccc34)CC2)cc1. The Kier molecular flexibility index (Phi) is 3.74. The number of hydrogen-bond donors (Lipinski definition) is 0. The molecule has 0 bridgehead atoms. The molecule has 5 heteroatoms. The molecule has 0 radical (unpaired) electrons. The van der Waals surface area contributed by atoms with Crippen LogP contribution in [0.3, 0.4) is 0 Å². The maximum Gasteiger partial charge on any atom is 0.140 e. The number of nitrogens with zero attached hydrogens (tertiary/aromatic N) is 4. The molecule has 1 fully saturated rings. The first kappa shape index (κ1) is 13.7. The molecule has 3 aromatic rings. The van der Waals surface area contributed by atoms with E-state index in [1.807, 2.05) is 0 Å². The summed E-state index contributed by atoms with van der Waals surface area (Å²) in [6.07, 6.45) is 1.69. The molecule has 0 amide bonds. The van der Waals surface area contributed by atoms with Crippen molar-refractivity contribution in [2.45, 2.75) is 6.54 Å². The first-order valence-electron chi connectivity index (χ1n) is 7.59. The van der Waals surface area contributed by atoms with Gasteiger partial charge in [0.1, 0.15) is 17.0 Å². The van der Waals surface area contributed by atoms with Crippen molar-refractivity contribution in [3.63, 3.8) is 0 Å². The lowest BCUT2D eigenvalue weighted by Crippen LogP contribution is -2.46. The van der Waals surface area contributed by atoms with Crippen LogP contribution in [0.25, 0.3) is 10.2 Å². The third kappa shape index (κ3) is 2.69. The fourth-order valence-electron chi connectivity index (χ4n) is 2.99. The minimum absolute atomic E-state index is 1.02. The summed E-state index contributed by atoms with van der Waals surface area (Å²) in [7, 11) is 0. The van der Waals surface area contributed by atoms with E-state index in [1.165, 1.54) is 10.9 Å². The molecule has 1 aliphatic heterocycles. The van der Waals surface area contributed by atoms with Crippen LogP contribution in [0, 0.1) is 0 Å². The fourth-order valence-corrected chi connectivity index (χ4v) is 3.72. The van der Waals surface area contributed by atoms with Crippen LogP contribution in [0.5, 0.6) is 0 Å². The van der Waals surface area contributed by atoms with E-state index in [4.69, 9.17) is 0 Å². The predicted octanol–water partition coefficient (Wildman–Crippen LogP) is 3.01. The normalized spacial score (nSPS) is 16.3. The van der Waals surface area contributed by atoms with E-state index in [1.54, 1.807) is 17.7 Å². The Labute approximate surface area is 134 Å². The molecule has 0 spiro atoms. The highest BCUT2D eigenvalue weighted by molar-refractivity contribution is 7.16. The second-order valence-electron chi connectivity index (χ2n) is 5.59. The van der Waals surface area contributed by atoms with Crippen molar-refractivity contribution in [1.29, 1.82) is 0 Å². The average Bonchev–Trinajstić information content (AvgIpc) is 3.05. The molecular weight excluding hydrogens is 292 g/mol. The second-order valence-corrected chi connectivity index (χ2v) is 6.48. The number of thiophene rings is 1. The average molecular weight is 310 g/mol. The summed E-state index contributed by atoms with van der Waals surface area (Å²) in [6, 6.07) is 12.8. The van der Waals surface area contributed by atoms with Gasteiger partial charge in [-0.1, -0.05) is 30.3 Å². The van der Waals surface area contributed by atoms with Gasteiger partial charge in [-0.25, -0.2) is 9.97 Å². The van der Waals surface area contributed by atoms with Crippen LogP contribution in [0.1, 0.15) is 5.56 Å². The molecule has 112 valence electrons. The minimum atomic E-state index is 1.02. The Morgan fingerprint density at radius 2 is 1.77 bits per heavy atom. The molecule has 0 N–H and O–H groups in total. The van der Waals surface area contributed by atoms with Crippen LogP contribution in [-0.4, -0.2) is 41.0 Å². The van der Waals surface area contributed by atoms with Crippen molar-refractivity contribution in [2.24, 2.45) is 0 Å². The topological polar surface area (TPSA) is 32.3 Å². The molecule has 3 heterocycles. The Morgan fingerprint density at radius 3 is 2.59 bits per heavy atom. The monoisotopic (exact) mass is 310 g/mol. The summed E-state index contributed by atoms with van der Waals surface area (Å²) in [4.78, 5) is 14.8. The van der Waals surface area contributed by atoms with Crippen molar-refractivity contribution in [2.75, 3.05) is 31.1 Å². The fraction of sp³-hybridized carbons (Fsp3) is 0.294. The molecule has 1 aromatic carbocycles. The van der Waals surface area contributed by atoms with Crippen LogP contribution in [0.2, 0.25) is 0 Å². The van der Waals surface area contributed by atoms with Gasteiger partial charge < -0.3 is 4.90 Å². The molecule has 1 aliphatic rings. The van der Waals surface area contributed by atoms with Gasteiger partial charge in [-0.2, -0.15) is 0 Å². The van der Waals surface area contributed by atoms with Gasteiger partial charge in [-0.15, -0.1) is 11.3 Å². The van der Waals surface area contributed by atoms with Crippen molar-refractivity contribution >= 4 is 27.4 Å². The lowest BCUT2D eigenvalue weighted by atomic mass is 10.2. The van der Waals surface area contributed by atoms with E-state index in [2.05, 4.69) is 61.5 Å². The number of aromatic nitrogens is 2. The van der Waals surface area contributed by atoms with Crippen LogP contribution < -0.4 is 4.90 Å². The second kappa shape index (κ2) is 6.02. The van der Waals surface area contributed by atoms with Gasteiger partial charge in [-0.05, 0) is 17.0 Å². The molecule has 22 heavy (non-hydrogen) atoms. The predicted molar refractivity (Wildman–Crippen MR) is 91.3 cm³/mol. The summed E-state index contributed by atoms with van der Waals surface area (Å²) in [5.41, 5.74) is 1.39. The number of anilines is 1. The van der Waals surface area contributed by atoms with Gasteiger partial charge >= 0.3 is 0 Å². The molecule has 4 nitrogen and oxygen atoms in total. The Hall–Kier alpha value is -1.98. The number of rotatable bonds is 3. The zero-order valence-electron chi connectivity index (χ0n) is 12.4. The lowest BCUT2D eigenvalue weighted by molar-refractivity contribution is 0.249. The lowest BCUT2D eigenvalue weighted by Gasteiger charge is -2.35. The van der Waals surface area contributed by atoms with E-state index in [0.29, 0.717) is 0 Å². The number of hydrogen-bond acceptors (Lipinski definition) is 5. The Balaban J connectivity index is 1.45. The first-order valence-corrected chi connectivity index (χ1v) is 8.47. The molecule has 0 unspecified atom stereocenters. The van der Waals surface area contributed by atoms with Gasteiger partial charge in [-0.3, -0.25) is 4.90 Å². The van der Waals surface area contributed by atoms with E-state index in [9.17, 15) is 0 Å². The van der Waals surface area contributed by atoms with Gasteiger partial charge in [0, 0.05) is 32.7 Å². The number of fused-ring (bicyclic) bond motifs is 1. The smallest absolute Gasteiger partial charge is 0.140 e. The summed E-state index contributed by atoms with van der Waals surface area (Å²) in [5.74, 6) is 1.09. The Bertz CT molecular complexity index is 747. The molecule has 4 rings (SSSR count). The quantitative estimate of drug-likeness (QED) is 0.744. The summed E-state index contributed by atoms with van der Waals surface area (Å²) in [6.45, 7) is 5.23. The molecule has 2 aromatic heterocycles. The third-order valence-electron chi connectivity index (χ3n) is 4.16. The van der Waals surface area contributed by atoms with Gasteiger partial charge in [0.2, 0.25) is 0 Å². The van der Waals surface area contributed by atoms with Crippen LogP contribution >= 0.6 is 11.3 Å². The maximum atomic E-state index is 4.51. The van der Waals surface area contributed by atoms with Gasteiger partial charge in [0.15, 0.2) is 0 Å². The van der Waals surface area contributed by atoms with E-state index >= 15 is 0 Å². The van der Waals surface area contributed by atoms with E-state index < -0.39 is 0 Å². The Morgan fingerprint density at radius 1 is 0.955 bits per heavy atom. The zero-order chi connectivity index (χ0) is 14.8. The number of piperazine rings is 1. The van der Waals surface area contributed by atoms with Crippen molar-refractivity contribution in [3.8, 4) is 0 Å². The van der Waals surface area contributed by atoms with E-state index in [-0.39, 0.29) is 0 Å². The first-order chi connectivity index (χ1) is 10.9. The summed E-state index contributed by atoms with van der Waals surface area (Å²) < 4.78 is 0. The van der Waals surface area contributed by atoms with E-state index in [0.717, 1.165) is 43.4 Å². The molecule has 1 saturated heterocycles. The van der Waals surface area contributed by atoms with Crippen LogP contribution in [0.15, 0.2) is 48.1 Å². The molecule has 0 aliphatic carbocycles. The number of benzene rings is 1. The largest absolute Gasteiger partial charge is 0.353 e. The molecule has 0 saturated carbocycles. The van der Waals surface area contributed by atoms with Crippen molar-refractivity contribution in [1.82, 2.24) is 14.9 Å². The maximum absolute atomic E-state index is 4.51. The molecular formula is C17H18N4S. The highest BCUT2D eigenvalue weighted by Gasteiger charge is 2.20. The third-order valence-corrected chi connectivity index (χ3v) is 4.98. The van der Waals surface area contributed by atoms with Gasteiger partial charge in [0.05, 0.1) is 5.39 Å². The standard InChI is InChI=1S/C17H18N4S/c1-2-4-14(5-3-1)12-20-7-9-21(10-8-20)16-15-6-11-22-17(15)19-13-18-16/h1-6,11,13H,7-10,12H2. The minimum Gasteiger partial charge on any atom is -0.353 e. The summed E-state index contributed by atoms with van der Waals surface area (Å²) >= 11 is 1.68. The molecule has 0 atom stereocenters. The zero-order valence-corrected chi connectivity index (χ0v) is 13.2. The van der Waals surface area contributed by atoms with Crippen LogP contribution in [-0.2, 0) is 6.54 Å². The van der Waals surface area contributed by atoms with Crippen LogP contribution in [0.4, 0.5) is 5.82 Å².